The van der Waals surface area contributed by atoms with Crippen molar-refractivity contribution in [2.24, 2.45) is 13.0 Å². The van der Waals surface area contributed by atoms with Crippen LogP contribution in [0.1, 0.15) is 23.4 Å². The molecule has 0 saturated carbocycles. The molecule has 0 spiro atoms. The number of nitrogens with zero attached hydrogens (tertiary/aromatic N) is 4. The maximum atomic E-state index is 12.5. The summed E-state index contributed by atoms with van der Waals surface area (Å²) < 4.78 is 3.42. The summed E-state index contributed by atoms with van der Waals surface area (Å²) in [7, 11) is 3.49. The van der Waals surface area contributed by atoms with Crippen LogP contribution in [0.5, 0.6) is 0 Å². The largest absolute Gasteiger partial charge is 0.358 e. The number of hydrogen-bond acceptors (Lipinski definition) is 4. The van der Waals surface area contributed by atoms with Gasteiger partial charge in [0.05, 0.1) is 6.20 Å². The Balaban J connectivity index is 1.66. The molecule has 0 aromatic carbocycles. The minimum Gasteiger partial charge on any atom is -0.358 e. The fraction of sp³-hybridized carbons (Fsp3) is 0.500. The second-order valence-corrected chi connectivity index (χ2v) is 6.17. The van der Waals surface area contributed by atoms with Gasteiger partial charge in [-0.1, -0.05) is 0 Å². The molecule has 2 heterocycles. The SMILES string of the molecule is CNC(=O)Cn1nc(NC(=O)C2CCc3cnn(C)c3C2)cc1C. The van der Waals surface area contributed by atoms with Crippen LogP contribution in [0, 0.1) is 12.8 Å². The summed E-state index contributed by atoms with van der Waals surface area (Å²) in [5.41, 5.74) is 3.18. The summed E-state index contributed by atoms with van der Waals surface area (Å²) in [6.45, 7) is 1.99. The molecule has 24 heavy (non-hydrogen) atoms. The molecule has 1 aliphatic carbocycles. The van der Waals surface area contributed by atoms with E-state index in [0.29, 0.717) is 12.2 Å². The molecule has 2 aromatic heterocycles. The number of hydrogen-bond donors (Lipinski definition) is 2. The average Bonchev–Trinajstić information content (AvgIpc) is 3.10. The van der Waals surface area contributed by atoms with Gasteiger partial charge in [0.1, 0.15) is 6.54 Å². The number of carbonyl (C=O) groups excluding carboxylic acids is 2. The van der Waals surface area contributed by atoms with Crippen LogP contribution in [0.4, 0.5) is 5.82 Å². The number of aryl methyl sites for hydroxylation is 3. The molecule has 8 heteroatoms. The van der Waals surface area contributed by atoms with E-state index < -0.39 is 0 Å². The number of amides is 2. The average molecular weight is 330 g/mol. The first-order valence-electron chi connectivity index (χ1n) is 8.03. The third kappa shape index (κ3) is 3.17. The van der Waals surface area contributed by atoms with Crippen molar-refractivity contribution in [3.63, 3.8) is 0 Å². The zero-order valence-corrected chi connectivity index (χ0v) is 14.2. The van der Waals surface area contributed by atoms with E-state index in [-0.39, 0.29) is 24.3 Å². The molecule has 8 nitrogen and oxygen atoms in total. The van der Waals surface area contributed by atoms with Crippen molar-refractivity contribution in [3.05, 3.63) is 29.2 Å². The zero-order valence-electron chi connectivity index (χ0n) is 14.2. The van der Waals surface area contributed by atoms with Crippen LogP contribution in [-0.2, 0) is 36.0 Å². The number of carbonyl (C=O) groups is 2. The molecule has 2 aromatic rings. The van der Waals surface area contributed by atoms with Gasteiger partial charge in [-0.15, -0.1) is 0 Å². The first-order chi connectivity index (χ1) is 11.5. The molecule has 0 saturated heterocycles. The Labute approximate surface area is 140 Å². The fourth-order valence-electron chi connectivity index (χ4n) is 3.04. The van der Waals surface area contributed by atoms with Crippen molar-refractivity contribution < 1.29 is 9.59 Å². The number of anilines is 1. The van der Waals surface area contributed by atoms with E-state index in [1.807, 2.05) is 24.9 Å². The Bertz CT molecular complexity index is 776. The van der Waals surface area contributed by atoms with Crippen LogP contribution in [0.3, 0.4) is 0 Å². The quantitative estimate of drug-likeness (QED) is 0.849. The first kappa shape index (κ1) is 16.2. The van der Waals surface area contributed by atoms with E-state index in [4.69, 9.17) is 0 Å². The van der Waals surface area contributed by atoms with Gasteiger partial charge in [0, 0.05) is 43.9 Å². The molecule has 1 aliphatic rings. The summed E-state index contributed by atoms with van der Waals surface area (Å²) in [5.74, 6) is 0.232. The lowest BCUT2D eigenvalue weighted by molar-refractivity contribution is -0.121. The Morgan fingerprint density at radius 1 is 1.42 bits per heavy atom. The molecule has 0 aliphatic heterocycles. The second-order valence-electron chi connectivity index (χ2n) is 6.17. The minimum absolute atomic E-state index is 0.0357. The van der Waals surface area contributed by atoms with Crippen molar-refractivity contribution in [1.82, 2.24) is 24.9 Å². The Morgan fingerprint density at radius 3 is 2.96 bits per heavy atom. The topological polar surface area (TPSA) is 93.8 Å². The van der Waals surface area contributed by atoms with Crippen LogP contribution in [-0.4, -0.2) is 38.4 Å². The van der Waals surface area contributed by atoms with E-state index in [1.54, 1.807) is 17.8 Å². The van der Waals surface area contributed by atoms with Crippen LogP contribution in [0.25, 0.3) is 0 Å². The molecular weight excluding hydrogens is 308 g/mol. The van der Waals surface area contributed by atoms with Gasteiger partial charge in [-0.25, -0.2) is 0 Å². The second kappa shape index (κ2) is 6.46. The highest BCUT2D eigenvalue weighted by molar-refractivity contribution is 5.92. The molecule has 2 amide bonds. The van der Waals surface area contributed by atoms with Crippen LogP contribution < -0.4 is 10.6 Å². The predicted octanol–water partition coefficient (Wildman–Crippen LogP) is 0.415. The lowest BCUT2D eigenvalue weighted by atomic mass is 9.87. The normalized spacial score (nSPS) is 16.5. The summed E-state index contributed by atoms with van der Waals surface area (Å²) >= 11 is 0. The van der Waals surface area contributed by atoms with E-state index in [1.165, 1.54) is 5.56 Å². The summed E-state index contributed by atoms with van der Waals surface area (Å²) in [5, 5.41) is 14.0. The van der Waals surface area contributed by atoms with Gasteiger partial charge in [-0.05, 0) is 25.3 Å². The van der Waals surface area contributed by atoms with Gasteiger partial charge in [0.2, 0.25) is 11.8 Å². The zero-order chi connectivity index (χ0) is 17.3. The first-order valence-corrected chi connectivity index (χ1v) is 8.03. The molecule has 2 N–H and O–H groups in total. The minimum atomic E-state index is -0.130. The molecule has 3 rings (SSSR count). The Hall–Kier alpha value is -2.64. The van der Waals surface area contributed by atoms with Gasteiger partial charge in [0.25, 0.3) is 0 Å². The highest BCUT2D eigenvalue weighted by atomic mass is 16.2. The highest BCUT2D eigenvalue weighted by Crippen LogP contribution is 2.26. The van der Waals surface area contributed by atoms with E-state index in [9.17, 15) is 9.59 Å². The molecule has 1 unspecified atom stereocenters. The summed E-state index contributed by atoms with van der Waals surface area (Å²) in [6, 6.07) is 1.78. The monoisotopic (exact) mass is 330 g/mol. The number of likely N-dealkylation sites (N-methyl/N-ethyl adjacent to an activating group) is 1. The van der Waals surface area contributed by atoms with Crippen molar-refractivity contribution in [2.45, 2.75) is 32.7 Å². The predicted molar refractivity (Wildman–Crippen MR) is 88.4 cm³/mol. The standard InChI is InChI=1S/C16H22N6O2/c1-10-6-14(20-22(10)9-15(23)17-2)19-16(24)11-4-5-12-8-18-21(3)13(12)7-11/h6,8,11H,4-5,7,9H2,1-3H3,(H,17,23)(H,19,20,24). The summed E-state index contributed by atoms with van der Waals surface area (Å²) in [4.78, 5) is 24.0. The highest BCUT2D eigenvalue weighted by Gasteiger charge is 2.27. The van der Waals surface area contributed by atoms with Crippen LogP contribution >= 0.6 is 0 Å². The smallest absolute Gasteiger partial charge is 0.241 e. The van der Waals surface area contributed by atoms with Gasteiger partial charge >= 0.3 is 0 Å². The van der Waals surface area contributed by atoms with Crippen molar-refractivity contribution in [2.75, 3.05) is 12.4 Å². The summed E-state index contributed by atoms with van der Waals surface area (Å²) in [6.07, 6.45) is 4.25. The number of fused-ring (bicyclic) bond motifs is 1. The van der Waals surface area contributed by atoms with E-state index >= 15 is 0 Å². The van der Waals surface area contributed by atoms with Crippen molar-refractivity contribution in [1.29, 1.82) is 0 Å². The molecule has 0 bridgehead atoms. The van der Waals surface area contributed by atoms with Crippen LogP contribution in [0.15, 0.2) is 12.3 Å². The molecule has 128 valence electrons. The van der Waals surface area contributed by atoms with E-state index in [0.717, 1.165) is 24.2 Å². The number of rotatable bonds is 4. The van der Waals surface area contributed by atoms with Gasteiger partial charge < -0.3 is 10.6 Å². The molecule has 0 radical (unpaired) electrons. The number of nitrogens with one attached hydrogen (secondary N) is 2. The molecular formula is C16H22N6O2. The van der Waals surface area contributed by atoms with Gasteiger partial charge in [0.15, 0.2) is 5.82 Å². The maximum absolute atomic E-state index is 12.5. The third-order valence-corrected chi connectivity index (χ3v) is 4.53. The van der Waals surface area contributed by atoms with Crippen LogP contribution in [0.2, 0.25) is 0 Å². The fourth-order valence-corrected chi connectivity index (χ4v) is 3.04. The van der Waals surface area contributed by atoms with E-state index in [2.05, 4.69) is 20.8 Å². The van der Waals surface area contributed by atoms with Crippen molar-refractivity contribution in [3.8, 4) is 0 Å². The molecule has 1 atom stereocenters. The third-order valence-electron chi connectivity index (χ3n) is 4.53. The van der Waals surface area contributed by atoms with Gasteiger partial charge in [-0.2, -0.15) is 10.2 Å². The molecule has 0 fully saturated rings. The lowest BCUT2D eigenvalue weighted by Crippen LogP contribution is -2.29. The van der Waals surface area contributed by atoms with Crippen molar-refractivity contribution >= 4 is 17.6 Å². The number of aromatic nitrogens is 4. The maximum Gasteiger partial charge on any atom is 0.241 e. The lowest BCUT2D eigenvalue weighted by Gasteiger charge is -2.21. The van der Waals surface area contributed by atoms with Gasteiger partial charge in [-0.3, -0.25) is 19.0 Å². The Morgan fingerprint density at radius 2 is 2.21 bits per heavy atom. The Kier molecular flexibility index (Phi) is 4.37.